The molecular weight excluding hydrogens is 254 g/mol. The quantitative estimate of drug-likeness (QED) is 0.917. The molecule has 0 spiro atoms. The van der Waals surface area contributed by atoms with E-state index in [1.165, 1.54) is 18.4 Å². The molecular formula is C12H17NO2S2. The molecule has 17 heavy (non-hydrogen) atoms. The van der Waals surface area contributed by atoms with E-state index in [2.05, 4.69) is 12.2 Å². The van der Waals surface area contributed by atoms with E-state index < -0.39 is 9.84 Å². The molecule has 0 saturated carbocycles. The van der Waals surface area contributed by atoms with Gasteiger partial charge in [0.2, 0.25) is 0 Å². The molecule has 1 aromatic carbocycles. The summed E-state index contributed by atoms with van der Waals surface area (Å²) in [6, 6.07) is 7.48. The zero-order valence-corrected chi connectivity index (χ0v) is 11.6. The second-order valence-electron chi connectivity index (χ2n) is 4.41. The molecule has 0 aliphatic carbocycles. The first-order valence-corrected chi connectivity index (χ1v) is 8.59. The topological polar surface area (TPSA) is 46.2 Å². The number of sulfone groups is 1. The Morgan fingerprint density at radius 3 is 2.41 bits per heavy atom. The van der Waals surface area contributed by atoms with Crippen LogP contribution in [0.3, 0.4) is 0 Å². The van der Waals surface area contributed by atoms with Crippen LogP contribution in [0, 0.1) is 0 Å². The van der Waals surface area contributed by atoms with Crippen molar-refractivity contribution >= 4 is 27.3 Å². The van der Waals surface area contributed by atoms with Gasteiger partial charge >= 0.3 is 0 Å². The number of nitrogens with one attached hydrogen (secondary N) is 1. The average Bonchev–Trinajstić information content (AvgIpc) is 2.64. The maximum Gasteiger partial charge on any atom is 0.175 e. The number of anilines is 1. The summed E-state index contributed by atoms with van der Waals surface area (Å²) in [5.74, 6) is 1.19. The van der Waals surface area contributed by atoms with Crippen molar-refractivity contribution in [2.24, 2.45) is 0 Å². The Labute approximate surface area is 107 Å². The molecule has 3 nitrogen and oxygen atoms in total. The first kappa shape index (κ1) is 12.8. The third kappa shape index (κ3) is 3.16. The van der Waals surface area contributed by atoms with Gasteiger partial charge in [-0.2, -0.15) is 11.8 Å². The maximum atomic E-state index is 11.3. The Balaban J connectivity index is 2.08. The lowest BCUT2D eigenvalue weighted by molar-refractivity contribution is 0.602. The average molecular weight is 271 g/mol. The van der Waals surface area contributed by atoms with E-state index in [9.17, 15) is 8.42 Å². The molecule has 1 fully saturated rings. The molecule has 0 amide bonds. The minimum atomic E-state index is -3.09. The number of rotatable bonds is 3. The molecule has 94 valence electrons. The normalized spacial score (nSPS) is 24.8. The molecule has 2 unspecified atom stereocenters. The van der Waals surface area contributed by atoms with Gasteiger partial charge in [-0.05, 0) is 36.4 Å². The van der Waals surface area contributed by atoms with E-state index in [1.807, 2.05) is 23.9 Å². The van der Waals surface area contributed by atoms with E-state index in [0.29, 0.717) is 16.2 Å². The zero-order valence-electron chi connectivity index (χ0n) is 10.0. The van der Waals surface area contributed by atoms with Crippen LogP contribution >= 0.6 is 11.8 Å². The second-order valence-corrected chi connectivity index (χ2v) is 7.91. The highest BCUT2D eigenvalue weighted by atomic mass is 32.2. The van der Waals surface area contributed by atoms with Gasteiger partial charge in [0.15, 0.2) is 9.84 Å². The van der Waals surface area contributed by atoms with Gasteiger partial charge in [0.1, 0.15) is 0 Å². The van der Waals surface area contributed by atoms with Crippen LogP contribution < -0.4 is 5.32 Å². The molecule has 1 aliphatic rings. The van der Waals surface area contributed by atoms with E-state index in [-0.39, 0.29) is 0 Å². The van der Waals surface area contributed by atoms with Gasteiger partial charge in [0.25, 0.3) is 0 Å². The molecule has 0 bridgehead atoms. The van der Waals surface area contributed by atoms with Gasteiger partial charge in [0, 0.05) is 23.2 Å². The number of benzene rings is 1. The fourth-order valence-corrected chi connectivity index (χ4v) is 3.76. The lowest BCUT2D eigenvalue weighted by atomic mass is 10.1. The number of thioether (sulfide) groups is 1. The van der Waals surface area contributed by atoms with Gasteiger partial charge in [-0.1, -0.05) is 6.92 Å². The van der Waals surface area contributed by atoms with Crippen molar-refractivity contribution in [1.82, 2.24) is 0 Å². The Hall–Kier alpha value is -0.680. The van der Waals surface area contributed by atoms with Gasteiger partial charge < -0.3 is 5.32 Å². The van der Waals surface area contributed by atoms with Crippen molar-refractivity contribution in [3.05, 3.63) is 24.3 Å². The van der Waals surface area contributed by atoms with Crippen molar-refractivity contribution < 1.29 is 8.42 Å². The molecule has 2 atom stereocenters. The van der Waals surface area contributed by atoms with Crippen LogP contribution in [-0.4, -0.2) is 31.7 Å². The first-order chi connectivity index (χ1) is 7.97. The van der Waals surface area contributed by atoms with Crippen LogP contribution in [0.25, 0.3) is 0 Å². The smallest absolute Gasteiger partial charge is 0.175 e. The standard InChI is InChI=1S/C12H17NO2S2/c1-9-12(7-8-16-9)13-10-3-5-11(6-4-10)17(2,14)15/h3-6,9,12-13H,7-8H2,1-2H3. The molecule has 1 aromatic rings. The van der Waals surface area contributed by atoms with E-state index >= 15 is 0 Å². The fourth-order valence-electron chi connectivity index (χ4n) is 1.93. The molecule has 1 aliphatic heterocycles. The summed E-state index contributed by atoms with van der Waals surface area (Å²) < 4.78 is 22.6. The number of hydrogen-bond donors (Lipinski definition) is 1. The van der Waals surface area contributed by atoms with Crippen LogP contribution in [0.5, 0.6) is 0 Å². The van der Waals surface area contributed by atoms with Crippen LogP contribution in [0.15, 0.2) is 29.2 Å². The lowest BCUT2D eigenvalue weighted by Crippen LogP contribution is -2.24. The third-order valence-electron chi connectivity index (χ3n) is 3.01. The highest BCUT2D eigenvalue weighted by molar-refractivity contribution is 8.00. The van der Waals surface area contributed by atoms with Crippen molar-refractivity contribution in [2.45, 2.75) is 29.5 Å². The highest BCUT2D eigenvalue weighted by Gasteiger charge is 2.23. The monoisotopic (exact) mass is 271 g/mol. The van der Waals surface area contributed by atoms with Crippen LogP contribution in [0.1, 0.15) is 13.3 Å². The minimum Gasteiger partial charge on any atom is -0.381 e. The summed E-state index contributed by atoms with van der Waals surface area (Å²) >= 11 is 1.97. The lowest BCUT2D eigenvalue weighted by Gasteiger charge is -2.17. The van der Waals surface area contributed by atoms with Crippen molar-refractivity contribution in [2.75, 3.05) is 17.3 Å². The van der Waals surface area contributed by atoms with E-state index in [4.69, 9.17) is 0 Å². The predicted molar refractivity (Wildman–Crippen MR) is 73.5 cm³/mol. The summed E-state index contributed by atoms with van der Waals surface area (Å²) in [5, 5.41) is 4.07. The molecule has 1 heterocycles. The van der Waals surface area contributed by atoms with Crippen LogP contribution in [-0.2, 0) is 9.84 Å². The third-order valence-corrected chi connectivity index (χ3v) is 5.46. The van der Waals surface area contributed by atoms with Crippen LogP contribution in [0.4, 0.5) is 5.69 Å². The van der Waals surface area contributed by atoms with E-state index in [1.54, 1.807) is 12.1 Å². The Bertz CT molecular complexity index is 482. The summed E-state index contributed by atoms with van der Waals surface area (Å²) in [5.41, 5.74) is 0.997. The predicted octanol–water partition coefficient (Wildman–Crippen LogP) is 2.40. The highest BCUT2D eigenvalue weighted by Crippen LogP contribution is 2.29. The Morgan fingerprint density at radius 1 is 1.29 bits per heavy atom. The molecule has 0 aromatic heterocycles. The summed E-state index contributed by atoms with van der Waals surface area (Å²) in [6.07, 6.45) is 2.39. The van der Waals surface area contributed by atoms with Crippen molar-refractivity contribution in [1.29, 1.82) is 0 Å². The Kier molecular flexibility index (Phi) is 3.68. The molecule has 1 saturated heterocycles. The second kappa shape index (κ2) is 4.90. The van der Waals surface area contributed by atoms with Crippen molar-refractivity contribution in [3.63, 3.8) is 0 Å². The van der Waals surface area contributed by atoms with Gasteiger partial charge in [-0.3, -0.25) is 0 Å². The summed E-state index contributed by atoms with van der Waals surface area (Å²) in [6.45, 7) is 2.22. The molecule has 5 heteroatoms. The summed E-state index contributed by atoms with van der Waals surface area (Å²) in [4.78, 5) is 0.372. The Morgan fingerprint density at radius 2 is 1.94 bits per heavy atom. The van der Waals surface area contributed by atoms with Crippen molar-refractivity contribution in [3.8, 4) is 0 Å². The number of hydrogen-bond acceptors (Lipinski definition) is 4. The maximum absolute atomic E-state index is 11.3. The SMILES string of the molecule is CC1SCCC1Nc1ccc(S(C)(=O)=O)cc1. The molecule has 2 rings (SSSR count). The molecule has 1 N–H and O–H groups in total. The first-order valence-electron chi connectivity index (χ1n) is 5.65. The zero-order chi connectivity index (χ0) is 12.5. The summed E-state index contributed by atoms with van der Waals surface area (Å²) in [7, 11) is -3.09. The van der Waals surface area contributed by atoms with Gasteiger partial charge in [0.05, 0.1) is 4.90 Å². The van der Waals surface area contributed by atoms with Gasteiger partial charge in [-0.15, -0.1) is 0 Å². The van der Waals surface area contributed by atoms with Gasteiger partial charge in [-0.25, -0.2) is 8.42 Å². The van der Waals surface area contributed by atoms with E-state index in [0.717, 1.165) is 5.69 Å². The minimum absolute atomic E-state index is 0.372. The van der Waals surface area contributed by atoms with Crippen LogP contribution in [0.2, 0.25) is 0 Å². The largest absolute Gasteiger partial charge is 0.381 e. The fraction of sp³-hybridized carbons (Fsp3) is 0.500. The molecule has 0 radical (unpaired) electrons.